The number of hydrogen-bond acceptors (Lipinski definition) is 1. The molecule has 2 aliphatic carbocycles. The first-order valence-electron chi connectivity index (χ1n) is 6.00. The Bertz CT molecular complexity index is 184. The van der Waals surface area contributed by atoms with Crippen molar-refractivity contribution in [3.05, 3.63) is 0 Å². The molecule has 0 heterocycles. The highest BCUT2D eigenvalue weighted by molar-refractivity contribution is 5.70. The fraction of sp³-hybridized carbons (Fsp3) is 0.917. The SMILES string of the molecule is [O]C(=O)C(C1CCCC1)C1CCCC1. The smallest absolute Gasteiger partial charge is 0.247 e. The summed E-state index contributed by atoms with van der Waals surface area (Å²) in [5.74, 6) is -0.0324. The minimum absolute atomic E-state index is 0.125. The summed E-state index contributed by atoms with van der Waals surface area (Å²) < 4.78 is 0. The Hall–Kier alpha value is -0.530. The predicted molar refractivity (Wildman–Crippen MR) is 53.1 cm³/mol. The lowest BCUT2D eigenvalue weighted by atomic mass is 9.79. The third-order valence-corrected chi connectivity index (χ3v) is 4.09. The van der Waals surface area contributed by atoms with Gasteiger partial charge in [0.15, 0.2) is 0 Å². The van der Waals surface area contributed by atoms with Crippen LogP contribution in [0.4, 0.5) is 0 Å². The van der Waals surface area contributed by atoms with Crippen molar-refractivity contribution in [1.29, 1.82) is 0 Å². The summed E-state index contributed by atoms with van der Waals surface area (Å²) >= 11 is 0. The molecule has 0 aliphatic heterocycles. The van der Waals surface area contributed by atoms with Gasteiger partial charge in [0.05, 0.1) is 5.92 Å². The average molecular weight is 195 g/mol. The van der Waals surface area contributed by atoms with Gasteiger partial charge >= 0.3 is 5.97 Å². The highest BCUT2D eigenvalue weighted by atomic mass is 16.4. The molecule has 0 aromatic carbocycles. The number of carbonyl (C=O) groups excluding carboxylic acids is 1. The van der Waals surface area contributed by atoms with Crippen LogP contribution in [-0.2, 0) is 9.90 Å². The number of rotatable bonds is 3. The molecule has 0 amide bonds. The van der Waals surface area contributed by atoms with E-state index in [1.165, 1.54) is 25.7 Å². The van der Waals surface area contributed by atoms with E-state index < -0.39 is 5.97 Å². The zero-order valence-electron chi connectivity index (χ0n) is 8.71. The predicted octanol–water partition coefficient (Wildman–Crippen LogP) is 2.94. The van der Waals surface area contributed by atoms with Gasteiger partial charge in [-0.05, 0) is 37.5 Å². The van der Waals surface area contributed by atoms with Crippen molar-refractivity contribution in [1.82, 2.24) is 0 Å². The van der Waals surface area contributed by atoms with E-state index in [2.05, 4.69) is 0 Å². The lowest BCUT2D eigenvalue weighted by molar-refractivity contribution is -0.152. The molecule has 2 rings (SSSR count). The molecule has 14 heavy (non-hydrogen) atoms. The highest BCUT2D eigenvalue weighted by Crippen LogP contribution is 2.41. The van der Waals surface area contributed by atoms with Crippen LogP contribution in [0.1, 0.15) is 51.4 Å². The van der Waals surface area contributed by atoms with E-state index >= 15 is 0 Å². The molecule has 0 aromatic rings. The van der Waals surface area contributed by atoms with Crippen LogP contribution in [0.3, 0.4) is 0 Å². The molecule has 2 nitrogen and oxygen atoms in total. The summed E-state index contributed by atoms with van der Waals surface area (Å²) in [5, 5.41) is 11.2. The standard InChI is InChI=1S/C12H19O2/c13-12(14)11(9-5-1-2-6-9)10-7-3-4-8-10/h9-11H,1-8H2. The fourth-order valence-corrected chi connectivity index (χ4v) is 3.40. The maximum atomic E-state index is 11.2. The van der Waals surface area contributed by atoms with Crippen LogP contribution in [0.25, 0.3) is 0 Å². The van der Waals surface area contributed by atoms with Crippen LogP contribution in [0.15, 0.2) is 0 Å². The molecule has 0 spiro atoms. The Morgan fingerprint density at radius 2 is 1.21 bits per heavy atom. The molecule has 0 N–H and O–H groups in total. The van der Waals surface area contributed by atoms with Crippen molar-refractivity contribution in [2.45, 2.75) is 51.4 Å². The molecule has 79 valence electrons. The van der Waals surface area contributed by atoms with Crippen LogP contribution in [0, 0.1) is 17.8 Å². The van der Waals surface area contributed by atoms with E-state index in [0.29, 0.717) is 11.8 Å². The zero-order valence-corrected chi connectivity index (χ0v) is 8.71. The summed E-state index contributed by atoms with van der Waals surface area (Å²) in [6, 6.07) is 0. The Balaban J connectivity index is 2.02. The maximum Gasteiger partial charge on any atom is 0.359 e. The van der Waals surface area contributed by atoms with Crippen LogP contribution < -0.4 is 0 Å². The normalized spacial score (nSPS) is 24.9. The summed E-state index contributed by atoms with van der Waals surface area (Å²) in [5.41, 5.74) is 0. The number of hydrogen-bond donors (Lipinski definition) is 0. The molecule has 0 unspecified atom stereocenters. The van der Waals surface area contributed by atoms with Gasteiger partial charge in [0, 0.05) is 0 Å². The zero-order chi connectivity index (χ0) is 9.97. The maximum absolute atomic E-state index is 11.2. The van der Waals surface area contributed by atoms with Crippen LogP contribution in [0.2, 0.25) is 0 Å². The van der Waals surface area contributed by atoms with E-state index in [9.17, 15) is 9.90 Å². The molecule has 2 aliphatic rings. The molecular formula is C12H19O2. The second-order valence-corrected chi connectivity index (χ2v) is 4.93. The monoisotopic (exact) mass is 195 g/mol. The second kappa shape index (κ2) is 4.33. The number of carbonyl (C=O) groups is 1. The third kappa shape index (κ3) is 1.94. The Labute approximate surface area is 85.7 Å². The molecule has 0 saturated heterocycles. The molecule has 1 radical (unpaired) electrons. The molecule has 2 heteroatoms. The van der Waals surface area contributed by atoms with Crippen molar-refractivity contribution < 1.29 is 9.90 Å². The van der Waals surface area contributed by atoms with Gasteiger partial charge < -0.3 is 0 Å². The first-order valence-corrected chi connectivity index (χ1v) is 6.00. The lowest BCUT2D eigenvalue weighted by Gasteiger charge is -2.23. The van der Waals surface area contributed by atoms with E-state index in [4.69, 9.17) is 0 Å². The molecule has 2 fully saturated rings. The third-order valence-electron chi connectivity index (χ3n) is 4.09. The van der Waals surface area contributed by atoms with Gasteiger partial charge in [-0.1, -0.05) is 25.7 Å². The van der Waals surface area contributed by atoms with Crippen LogP contribution in [0.5, 0.6) is 0 Å². The quantitative estimate of drug-likeness (QED) is 0.682. The fourth-order valence-electron chi connectivity index (χ4n) is 3.40. The van der Waals surface area contributed by atoms with Gasteiger partial charge in [0.1, 0.15) is 0 Å². The van der Waals surface area contributed by atoms with E-state index in [1.807, 2.05) is 0 Å². The van der Waals surface area contributed by atoms with Crippen molar-refractivity contribution in [3.8, 4) is 0 Å². The Kier molecular flexibility index (Phi) is 3.09. The van der Waals surface area contributed by atoms with Gasteiger partial charge in [0.25, 0.3) is 0 Å². The van der Waals surface area contributed by atoms with Crippen LogP contribution in [-0.4, -0.2) is 5.97 Å². The summed E-state index contributed by atoms with van der Waals surface area (Å²) in [4.78, 5) is 11.2. The van der Waals surface area contributed by atoms with E-state index in [-0.39, 0.29) is 5.92 Å². The van der Waals surface area contributed by atoms with Gasteiger partial charge in [-0.2, -0.15) is 0 Å². The molecular weight excluding hydrogens is 176 g/mol. The highest BCUT2D eigenvalue weighted by Gasteiger charge is 2.38. The van der Waals surface area contributed by atoms with Crippen molar-refractivity contribution in [3.63, 3.8) is 0 Å². The van der Waals surface area contributed by atoms with Gasteiger partial charge in [-0.3, -0.25) is 0 Å². The molecule has 2 saturated carbocycles. The summed E-state index contributed by atoms with van der Waals surface area (Å²) in [6.07, 6.45) is 9.37. The largest absolute Gasteiger partial charge is 0.359 e. The molecule has 0 bridgehead atoms. The van der Waals surface area contributed by atoms with Gasteiger partial charge in [-0.15, -0.1) is 0 Å². The van der Waals surface area contributed by atoms with E-state index in [0.717, 1.165) is 25.7 Å². The van der Waals surface area contributed by atoms with E-state index in [1.54, 1.807) is 0 Å². The Morgan fingerprint density at radius 3 is 1.50 bits per heavy atom. The van der Waals surface area contributed by atoms with Gasteiger partial charge in [0.2, 0.25) is 0 Å². The Morgan fingerprint density at radius 1 is 0.857 bits per heavy atom. The summed E-state index contributed by atoms with van der Waals surface area (Å²) in [6.45, 7) is 0. The molecule has 0 atom stereocenters. The summed E-state index contributed by atoms with van der Waals surface area (Å²) in [7, 11) is 0. The first-order chi connectivity index (χ1) is 6.79. The minimum Gasteiger partial charge on any atom is -0.247 e. The van der Waals surface area contributed by atoms with Crippen LogP contribution >= 0.6 is 0 Å². The molecule has 0 aromatic heterocycles. The lowest BCUT2D eigenvalue weighted by Crippen LogP contribution is -2.27. The van der Waals surface area contributed by atoms with Crippen molar-refractivity contribution >= 4 is 5.97 Å². The minimum atomic E-state index is -0.774. The first kappa shape index (κ1) is 10.0. The topological polar surface area (TPSA) is 37.0 Å². The van der Waals surface area contributed by atoms with Crippen molar-refractivity contribution in [2.75, 3.05) is 0 Å². The second-order valence-electron chi connectivity index (χ2n) is 4.93. The van der Waals surface area contributed by atoms with Crippen molar-refractivity contribution in [2.24, 2.45) is 17.8 Å². The average Bonchev–Trinajstić information content (AvgIpc) is 2.75. The van der Waals surface area contributed by atoms with Gasteiger partial charge in [-0.25, -0.2) is 9.90 Å².